The second kappa shape index (κ2) is 6.82. The monoisotopic (exact) mass is 288 g/mol. The summed E-state index contributed by atoms with van der Waals surface area (Å²) in [5.41, 5.74) is 1.19. The van der Waals surface area contributed by atoms with E-state index in [9.17, 15) is 9.59 Å². The molecule has 2 rings (SSSR count). The molecule has 0 saturated heterocycles. The molecule has 0 atom stereocenters. The zero-order chi connectivity index (χ0) is 14.4. The van der Waals surface area contributed by atoms with E-state index >= 15 is 0 Å². The average Bonchev–Trinajstić information content (AvgIpc) is 2.46. The molecular weight excluding hydrogens is 276 g/mol. The molecule has 1 aromatic heterocycles. The van der Waals surface area contributed by atoms with Crippen LogP contribution in [0.1, 0.15) is 23.2 Å². The number of aromatic nitrogens is 1. The molecule has 102 valence electrons. The van der Waals surface area contributed by atoms with Crippen LogP contribution in [0.4, 0.5) is 5.69 Å². The number of benzene rings is 1. The van der Waals surface area contributed by atoms with E-state index in [2.05, 4.69) is 10.3 Å². The van der Waals surface area contributed by atoms with Crippen molar-refractivity contribution in [1.29, 1.82) is 0 Å². The number of hydrogen-bond acceptors (Lipinski definition) is 3. The van der Waals surface area contributed by atoms with Crippen LogP contribution < -0.4 is 5.32 Å². The molecule has 2 aromatic rings. The summed E-state index contributed by atoms with van der Waals surface area (Å²) in [6.07, 6.45) is 1.81. The van der Waals surface area contributed by atoms with Crippen LogP contribution in [0.15, 0.2) is 48.7 Å². The van der Waals surface area contributed by atoms with Gasteiger partial charge in [0.25, 0.3) is 0 Å². The van der Waals surface area contributed by atoms with Gasteiger partial charge >= 0.3 is 0 Å². The molecule has 0 bridgehead atoms. The molecule has 0 spiro atoms. The molecule has 1 heterocycles. The number of carbonyl (C=O) groups is 2. The summed E-state index contributed by atoms with van der Waals surface area (Å²) in [6.45, 7) is 0. The quantitative estimate of drug-likeness (QED) is 0.678. The molecule has 0 aliphatic heterocycles. The lowest BCUT2D eigenvalue weighted by Gasteiger charge is -2.05. The molecule has 0 aliphatic rings. The topological polar surface area (TPSA) is 59.1 Å². The number of rotatable bonds is 5. The van der Waals surface area contributed by atoms with Crippen LogP contribution in [-0.4, -0.2) is 16.7 Å². The Morgan fingerprint density at radius 3 is 2.55 bits per heavy atom. The van der Waals surface area contributed by atoms with Crippen molar-refractivity contribution in [1.82, 2.24) is 4.98 Å². The summed E-state index contributed by atoms with van der Waals surface area (Å²) in [6, 6.07) is 12.1. The van der Waals surface area contributed by atoms with Gasteiger partial charge < -0.3 is 5.32 Å². The number of nitrogens with one attached hydrogen (secondary N) is 1. The molecule has 4 nitrogen and oxygen atoms in total. The standard InChI is InChI=1S/C15H13ClN2O2/c16-14-10-12(8-9-17-14)18-15(20)7-6-13(19)11-4-2-1-3-5-11/h1-5,8-10H,6-7H2,(H,17,18,20). The third kappa shape index (κ3) is 4.17. The lowest BCUT2D eigenvalue weighted by atomic mass is 10.1. The lowest BCUT2D eigenvalue weighted by Crippen LogP contribution is -2.13. The van der Waals surface area contributed by atoms with Gasteiger partial charge in [0.1, 0.15) is 5.15 Å². The van der Waals surface area contributed by atoms with Crippen molar-refractivity contribution in [2.45, 2.75) is 12.8 Å². The fourth-order valence-electron chi connectivity index (χ4n) is 1.70. The summed E-state index contributed by atoms with van der Waals surface area (Å²) in [5.74, 6) is -0.273. The van der Waals surface area contributed by atoms with Crippen LogP contribution in [0.3, 0.4) is 0 Å². The maximum atomic E-state index is 11.8. The van der Waals surface area contributed by atoms with Crippen molar-refractivity contribution >= 4 is 29.0 Å². The van der Waals surface area contributed by atoms with Gasteiger partial charge in [0.05, 0.1) is 0 Å². The molecule has 1 aromatic carbocycles. The number of anilines is 1. The van der Waals surface area contributed by atoms with Gasteiger partial charge in [-0.05, 0) is 12.1 Å². The zero-order valence-corrected chi connectivity index (χ0v) is 11.4. The first kappa shape index (κ1) is 14.2. The van der Waals surface area contributed by atoms with Crippen LogP contribution in [0.25, 0.3) is 0 Å². The SMILES string of the molecule is O=C(CCC(=O)c1ccccc1)Nc1ccnc(Cl)c1. The minimum Gasteiger partial charge on any atom is -0.326 e. The van der Waals surface area contributed by atoms with Crippen molar-refractivity contribution in [2.24, 2.45) is 0 Å². The summed E-state index contributed by atoms with van der Waals surface area (Å²) >= 11 is 5.72. The Labute approximate surface area is 121 Å². The summed E-state index contributed by atoms with van der Waals surface area (Å²) in [7, 11) is 0. The molecule has 0 fully saturated rings. The van der Waals surface area contributed by atoms with Gasteiger partial charge in [0, 0.05) is 30.3 Å². The van der Waals surface area contributed by atoms with E-state index in [4.69, 9.17) is 11.6 Å². The van der Waals surface area contributed by atoms with Gasteiger partial charge in [0.15, 0.2) is 5.78 Å². The maximum Gasteiger partial charge on any atom is 0.224 e. The largest absolute Gasteiger partial charge is 0.326 e. The van der Waals surface area contributed by atoms with Crippen molar-refractivity contribution in [3.8, 4) is 0 Å². The predicted octanol–water partition coefficient (Wildman–Crippen LogP) is 3.34. The average molecular weight is 289 g/mol. The molecule has 1 amide bonds. The number of carbonyl (C=O) groups excluding carboxylic acids is 2. The van der Waals surface area contributed by atoms with Crippen LogP contribution in [0.5, 0.6) is 0 Å². The first-order valence-corrected chi connectivity index (χ1v) is 6.52. The number of ketones is 1. The van der Waals surface area contributed by atoms with Gasteiger partial charge in [-0.15, -0.1) is 0 Å². The van der Waals surface area contributed by atoms with E-state index in [0.29, 0.717) is 16.4 Å². The fourth-order valence-corrected chi connectivity index (χ4v) is 1.87. The molecule has 5 heteroatoms. The number of hydrogen-bond donors (Lipinski definition) is 1. The highest BCUT2D eigenvalue weighted by Crippen LogP contribution is 2.13. The normalized spacial score (nSPS) is 10.1. The summed E-state index contributed by atoms with van der Waals surface area (Å²) in [5, 5.41) is 2.98. The highest BCUT2D eigenvalue weighted by molar-refractivity contribution is 6.29. The van der Waals surface area contributed by atoms with E-state index < -0.39 is 0 Å². The molecule has 0 radical (unpaired) electrons. The number of nitrogens with zero attached hydrogens (tertiary/aromatic N) is 1. The first-order chi connectivity index (χ1) is 9.65. The van der Waals surface area contributed by atoms with Crippen LogP contribution >= 0.6 is 11.6 Å². The first-order valence-electron chi connectivity index (χ1n) is 6.15. The van der Waals surface area contributed by atoms with E-state index in [1.54, 1.807) is 36.4 Å². The van der Waals surface area contributed by atoms with Crippen molar-refractivity contribution in [3.05, 3.63) is 59.4 Å². The molecule has 20 heavy (non-hydrogen) atoms. The van der Waals surface area contributed by atoms with E-state index in [1.165, 1.54) is 6.20 Å². The maximum absolute atomic E-state index is 11.8. The Balaban J connectivity index is 1.85. The Hall–Kier alpha value is -2.20. The van der Waals surface area contributed by atoms with Crippen molar-refractivity contribution in [3.63, 3.8) is 0 Å². The zero-order valence-electron chi connectivity index (χ0n) is 10.7. The van der Waals surface area contributed by atoms with Crippen molar-refractivity contribution in [2.75, 3.05) is 5.32 Å². The van der Waals surface area contributed by atoms with E-state index in [-0.39, 0.29) is 24.5 Å². The third-order valence-corrected chi connectivity index (χ3v) is 2.89. The number of halogens is 1. The van der Waals surface area contributed by atoms with E-state index in [1.807, 2.05) is 6.07 Å². The Kier molecular flexibility index (Phi) is 4.85. The number of pyridine rings is 1. The molecular formula is C15H13ClN2O2. The highest BCUT2D eigenvalue weighted by Gasteiger charge is 2.09. The van der Waals surface area contributed by atoms with Crippen molar-refractivity contribution < 1.29 is 9.59 Å². The minimum absolute atomic E-state index is 0.0477. The van der Waals surface area contributed by atoms with Gasteiger partial charge in [-0.3, -0.25) is 9.59 Å². The predicted molar refractivity (Wildman–Crippen MR) is 77.9 cm³/mol. The van der Waals surface area contributed by atoms with Gasteiger partial charge in [-0.1, -0.05) is 41.9 Å². The number of Topliss-reactive ketones (excluding diaryl/α,β-unsaturated/α-hetero) is 1. The van der Waals surface area contributed by atoms with Gasteiger partial charge in [-0.2, -0.15) is 0 Å². The summed E-state index contributed by atoms with van der Waals surface area (Å²) < 4.78 is 0. The Morgan fingerprint density at radius 2 is 1.85 bits per heavy atom. The van der Waals surface area contributed by atoms with Gasteiger partial charge in [-0.25, -0.2) is 4.98 Å². The molecule has 0 saturated carbocycles. The molecule has 0 unspecified atom stereocenters. The summed E-state index contributed by atoms with van der Waals surface area (Å²) in [4.78, 5) is 27.4. The molecule has 0 aliphatic carbocycles. The fraction of sp³-hybridized carbons (Fsp3) is 0.133. The second-order valence-corrected chi connectivity index (χ2v) is 4.59. The minimum atomic E-state index is -0.225. The Morgan fingerprint density at radius 1 is 1.10 bits per heavy atom. The van der Waals surface area contributed by atoms with Crippen LogP contribution in [0.2, 0.25) is 5.15 Å². The third-order valence-electron chi connectivity index (χ3n) is 2.69. The van der Waals surface area contributed by atoms with Gasteiger partial charge in [0.2, 0.25) is 5.91 Å². The van der Waals surface area contributed by atoms with E-state index in [0.717, 1.165) is 0 Å². The smallest absolute Gasteiger partial charge is 0.224 e. The van der Waals surface area contributed by atoms with Crippen LogP contribution in [0, 0.1) is 0 Å². The Bertz CT molecular complexity index is 614. The van der Waals surface area contributed by atoms with Crippen LogP contribution in [-0.2, 0) is 4.79 Å². The highest BCUT2D eigenvalue weighted by atomic mass is 35.5. The molecule has 1 N–H and O–H groups in total. The second-order valence-electron chi connectivity index (χ2n) is 4.20. The number of amides is 1. The lowest BCUT2D eigenvalue weighted by molar-refractivity contribution is -0.116.